The first-order valence-corrected chi connectivity index (χ1v) is 5.50. The maximum absolute atomic E-state index is 5.21. The number of methoxy groups -OCH3 is 1. The normalized spacial score (nSPS) is 20.4. The van der Waals surface area contributed by atoms with Crippen molar-refractivity contribution >= 4 is 5.65 Å². The van der Waals surface area contributed by atoms with Crippen LogP contribution in [0.4, 0.5) is 0 Å². The summed E-state index contributed by atoms with van der Waals surface area (Å²) >= 11 is 0. The fourth-order valence-electron chi connectivity index (χ4n) is 2.15. The highest BCUT2D eigenvalue weighted by Crippen LogP contribution is 2.23. The molecule has 1 aliphatic heterocycles. The third-order valence-electron chi connectivity index (χ3n) is 3.01. The third-order valence-corrected chi connectivity index (χ3v) is 3.01. The molecule has 0 aliphatic carbocycles. The Labute approximate surface area is 93.4 Å². The fraction of sp³-hybridized carbons (Fsp3) is 0.455. The maximum Gasteiger partial charge on any atom is 0.161 e. The topological polar surface area (TPSA) is 51.5 Å². The third kappa shape index (κ3) is 1.44. The number of ether oxygens (including phenoxy) is 1. The number of rotatable bonds is 2. The molecule has 1 saturated heterocycles. The van der Waals surface area contributed by atoms with Crippen molar-refractivity contribution in [3.8, 4) is 5.75 Å². The SMILES string of the molecule is COc1ccc2nnc(C3CCCN3)n2c1. The molecule has 5 nitrogen and oxygen atoms in total. The summed E-state index contributed by atoms with van der Waals surface area (Å²) in [4.78, 5) is 0. The van der Waals surface area contributed by atoms with Gasteiger partial charge in [-0.25, -0.2) is 0 Å². The summed E-state index contributed by atoms with van der Waals surface area (Å²) in [7, 11) is 1.67. The maximum atomic E-state index is 5.21. The van der Waals surface area contributed by atoms with Gasteiger partial charge in [-0.3, -0.25) is 4.40 Å². The Bertz CT molecular complexity index is 502. The molecule has 5 heteroatoms. The highest BCUT2D eigenvalue weighted by Gasteiger charge is 2.21. The van der Waals surface area contributed by atoms with E-state index in [2.05, 4.69) is 15.5 Å². The van der Waals surface area contributed by atoms with Gasteiger partial charge in [-0.05, 0) is 31.5 Å². The van der Waals surface area contributed by atoms with E-state index in [4.69, 9.17) is 4.74 Å². The minimum absolute atomic E-state index is 0.321. The first kappa shape index (κ1) is 9.59. The highest BCUT2D eigenvalue weighted by atomic mass is 16.5. The van der Waals surface area contributed by atoms with Crippen LogP contribution in [0.15, 0.2) is 18.3 Å². The lowest BCUT2D eigenvalue weighted by Gasteiger charge is -2.08. The standard InChI is InChI=1S/C11H14N4O/c1-16-8-4-5-10-13-14-11(15(10)7-8)9-3-2-6-12-9/h4-5,7,9,12H,2-3,6H2,1H3. The molecule has 1 unspecified atom stereocenters. The minimum Gasteiger partial charge on any atom is -0.495 e. The number of nitrogens with one attached hydrogen (secondary N) is 1. The summed E-state index contributed by atoms with van der Waals surface area (Å²) in [6.07, 6.45) is 4.26. The van der Waals surface area contributed by atoms with E-state index in [9.17, 15) is 0 Å². The van der Waals surface area contributed by atoms with Crippen LogP contribution in [0.2, 0.25) is 0 Å². The Morgan fingerprint density at radius 3 is 3.12 bits per heavy atom. The van der Waals surface area contributed by atoms with Crippen LogP contribution < -0.4 is 10.1 Å². The van der Waals surface area contributed by atoms with Crippen molar-refractivity contribution < 1.29 is 4.74 Å². The Balaban J connectivity index is 2.09. The molecule has 1 N–H and O–H groups in total. The molecule has 0 spiro atoms. The second-order valence-electron chi connectivity index (χ2n) is 4.00. The molecule has 3 heterocycles. The van der Waals surface area contributed by atoms with Gasteiger partial charge in [0.25, 0.3) is 0 Å². The molecule has 0 aromatic carbocycles. The van der Waals surface area contributed by atoms with Gasteiger partial charge in [-0.2, -0.15) is 0 Å². The van der Waals surface area contributed by atoms with Gasteiger partial charge in [0.1, 0.15) is 5.75 Å². The van der Waals surface area contributed by atoms with Crippen molar-refractivity contribution in [1.29, 1.82) is 0 Å². The molecular formula is C11H14N4O. The van der Waals surface area contributed by atoms with E-state index in [-0.39, 0.29) is 0 Å². The van der Waals surface area contributed by atoms with E-state index in [1.807, 2.05) is 22.7 Å². The Kier molecular flexibility index (Phi) is 2.25. The lowest BCUT2D eigenvalue weighted by atomic mass is 10.2. The number of fused-ring (bicyclic) bond motifs is 1. The van der Waals surface area contributed by atoms with Crippen LogP contribution >= 0.6 is 0 Å². The largest absolute Gasteiger partial charge is 0.495 e. The molecule has 1 atom stereocenters. The lowest BCUT2D eigenvalue weighted by Crippen LogP contribution is -2.15. The summed E-state index contributed by atoms with van der Waals surface area (Å²) in [6, 6.07) is 4.14. The second-order valence-corrected chi connectivity index (χ2v) is 4.00. The molecule has 0 bridgehead atoms. The van der Waals surface area contributed by atoms with Gasteiger partial charge < -0.3 is 10.1 Å². The van der Waals surface area contributed by atoms with Crippen molar-refractivity contribution in [3.63, 3.8) is 0 Å². The van der Waals surface area contributed by atoms with Gasteiger partial charge in [-0.15, -0.1) is 10.2 Å². The van der Waals surface area contributed by atoms with Crippen LogP contribution in [0.1, 0.15) is 24.7 Å². The van der Waals surface area contributed by atoms with E-state index in [0.717, 1.165) is 30.2 Å². The van der Waals surface area contributed by atoms with Crippen LogP contribution in [-0.4, -0.2) is 28.3 Å². The summed E-state index contributed by atoms with van der Waals surface area (Å²) in [5.74, 6) is 1.80. The predicted octanol–water partition coefficient (Wildman–Crippen LogP) is 1.16. The van der Waals surface area contributed by atoms with E-state index >= 15 is 0 Å². The molecule has 0 saturated carbocycles. The van der Waals surface area contributed by atoms with Crippen molar-refractivity contribution in [1.82, 2.24) is 19.9 Å². The summed E-state index contributed by atoms with van der Waals surface area (Å²) in [5, 5.41) is 11.8. The van der Waals surface area contributed by atoms with Crippen molar-refractivity contribution in [3.05, 3.63) is 24.2 Å². The lowest BCUT2D eigenvalue weighted by molar-refractivity contribution is 0.412. The van der Waals surface area contributed by atoms with Crippen molar-refractivity contribution in [2.24, 2.45) is 0 Å². The number of nitrogens with zero attached hydrogens (tertiary/aromatic N) is 3. The quantitative estimate of drug-likeness (QED) is 0.822. The number of pyridine rings is 1. The smallest absolute Gasteiger partial charge is 0.161 e. The Morgan fingerprint density at radius 2 is 2.38 bits per heavy atom. The first-order valence-electron chi connectivity index (χ1n) is 5.50. The van der Waals surface area contributed by atoms with Gasteiger partial charge in [0.2, 0.25) is 0 Å². The molecule has 84 valence electrons. The number of aromatic nitrogens is 3. The molecule has 0 radical (unpaired) electrons. The first-order chi connectivity index (χ1) is 7.88. The molecule has 1 aliphatic rings. The predicted molar refractivity (Wildman–Crippen MR) is 59.5 cm³/mol. The van der Waals surface area contributed by atoms with Crippen LogP contribution in [0.3, 0.4) is 0 Å². The van der Waals surface area contributed by atoms with Crippen LogP contribution in [-0.2, 0) is 0 Å². The zero-order chi connectivity index (χ0) is 11.0. The summed E-state index contributed by atoms with van der Waals surface area (Å²) in [6.45, 7) is 1.06. The fourth-order valence-corrected chi connectivity index (χ4v) is 2.15. The van der Waals surface area contributed by atoms with Gasteiger partial charge in [0.15, 0.2) is 11.5 Å². The molecule has 3 rings (SSSR count). The summed E-state index contributed by atoms with van der Waals surface area (Å²) in [5.41, 5.74) is 0.865. The van der Waals surface area contributed by atoms with Gasteiger partial charge >= 0.3 is 0 Å². The zero-order valence-corrected chi connectivity index (χ0v) is 9.18. The van der Waals surface area contributed by atoms with E-state index in [1.54, 1.807) is 7.11 Å². The van der Waals surface area contributed by atoms with E-state index in [1.165, 1.54) is 6.42 Å². The second kappa shape index (κ2) is 3.75. The molecule has 2 aromatic heterocycles. The number of hydrogen-bond acceptors (Lipinski definition) is 4. The highest BCUT2D eigenvalue weighted by molar-refractivity contribution is 5.41. The van der Waals surface area contributed by atoms with Crippen molar-refractivity contribution in [2.45, 2.75) is 18.9 Å². The van der Waals surface area contributed by atoms with Crippen LogP contribution in [0.25, 0.3) is 5.65 Å². The molecule has 16 heavy (non-hydrogen) atoms. The van der Waals surface area contributed by atoms with Gasteiger partial charge in [-0.1, -0.05) is 0 Å². The van der Waals surface area contributed by atoms with E-state index in [0.29, 0.717) is 6.04 Å². The monoisotopic (exact) mass is 218 g/mol. The molecule has 0 amide bonds. The van der Waals surface area contributed by atoms with Crippen LogP contribution in [0, 0.1) is 0 Å². The Morgan fingerprint density at radius 1 is 1.44 bits per heavy atom. The minimum atomic E-state index is 0.321. The van der Waals surface area contributed by atoms with Crippen LogP contribution in [0.5, 0.6) is 5.75 Å². The molecule has 1 fully saturated rings. The Hall–Kier alpha value is -1.62. The molecular weight excluding hydrogens is 204 g/mol. The molecule has 2 aromatic rings. The average molecular weight is 218 g/mol. The van der Waals surface area contributed by atoms with E-state index < -0.39 is 0 Å². The zero-order valence-electron chi connectivity index (χ0n) is 9.18. The summed E-state index contributed by atoms with van der Waals surface area (Å²) < 4.78 is 7.21. The number of hydrogen-bond donors (Lipinski definition) is 1. The van der Waals surface area contributed by atoms with Gasteiger partial charge in [0.05, 0.1) is 19.3 Å². The van der Waals surface area contributed by atoms with Gasteiger partial charge in [0, 0.05) is 0 Å². The average Bonchev–Trinajstić information content (AvgIpc) is 2.96. The van der Waals surface area contributed by atoms with Crippen molar-refractivity contribution in [2.75, 3.05) is 13.7 Å².